The second kappa shape index (κ2) is 5.97. The summed E-state index contributed by atoms with van der Waals surface area (Å²) in [7, 11) is 0. The zero-order valence-corrected chi connectivity index (χ0v) is 11.5. The highest BCUT2D eigenvalue weighted by Gasteiger charge is 2.13. The molecule has 0 atom stereocenters. The fourth-order valence-corrected chi connectivity index (χ4v) is 2.03. The summed E-state index contributed by atoms with van der Waals surface area (Å²) >= 11 is 0. The number of fused-ring (bicyclic) bond motifs is 1. The molecule has 2 aromatic heterocycles. The van der Waals surface area contributed by atoms with E-state index in [0.717, 1.165) is 5.56 Å². The molecule has 0 saturated carbocycles. The van der Waals surface area contributed by atoms with Crippen LogP contribution in [0.3, 0.4) is 0 Å². The van der Waals surface area contributed by atoms with E-state index in [4.69, 9.17) is 11.2 Å². The standard InChI is InChI=1S/C16H12N4O2/c1-2-13(21)20-12-8-17-15-14(12)16(19-10-18-15)22-9-11-6-4-3-5-7-11/h1,3-8,10H,9H2,(H,20,21)(H,17,18,19). The number of nitrogens with zero attached hydrogens (tertiary/aromatic N) is 2. The predicted molar refractivity (Wildman–Crippen MR) is 82.1 cm³/mol. The number of anilines is 1. The number of hydrogen-bond acceptors (Lipinski definition) is 4. The highest BCUT2D eigenvalue weighted by Crippen LogP contribution is 2.29. The van der Waals surface area contributed by atoms with Gasteiger partial charge in [-0.1, -0.05) is 30.3 Å². The molecule has 0 aliphatic heterocycles. The Morgan fingerprint density at radius 3 is 2.91 bits per heavy atom. The molecule has 0 radical (unpaired) electrons. The lowest BCUT2D eigenvalue weighted by Crippen LogP contribution is -2.08. The zero-order chi connectivity index (χ0) is 15.4. The third-order valence-electron chi connectivity index (χ3n) is 3.03. The summed E-state index contributed by atoms with van der Waals surface area (Å²) in [5, 5.41) is 3.17. The highest BCUT2D eigenvalue weighted by molar-refractivity contribution is 6.09. The van der Waals surface area contributed by atoms with Gasteiger partial charge in [0.25, 0.3) is 5.91 Å². The lowest BCUT2D eigenvalue weighted by molar-refractivity contribution is -0.111. The molecule has 0 saturated heterocycles. The molecule has 0 fully saturated rings. The van der Waals surface area contributed by atoms with Crippen molar-refractivity contribution >= 4 is 22.6 Å². The van der Waals surface area contributed by atoms with Gasteiger partial charge >= 0.3 is 0 Å². The minimum absolute atomic E-state index is 0.362. The van der Waals surface area contributed by atoms with Crippen LogP contribution in [0.4, 0.5) is 5.69 Å². The van der Waals surface area contributed by atoms with Gasteiger partial charge in [-0.05, 0) is 11.5 Å². The van der Waals surface area contributed by atoms with Gasteiger partial charge in [0.15, 0.2) is 0 Å². The van der Waals surface area contributed by atoms with Crippen molar-refractivity contribution in [1.29, 1.82) is 0 Å². The van der Waals surface area contributed by atoms with Crippen LogP contribution in [0.5, 0.6) is 5.88 Å². The first-order valence-electron chi connectivity index (χ1n) is 6.54. The molecule has 2 heterocycles. The van der Waals surface area contributed by atoms with Crippen LogP contribution < -0.4 is 10.1 Å². The molecule has 3 aromatic rings. The van der Waals surface area contributed by atoms with Crippen LogP contribution in [0, 0.1) is 12.3 Å². The quantitative estimate of drug-likeness (QED) is 0.722. The maximum absolute atomic E-state index is 11.4. The molecular weight excluding hydrogens is 280 g/mol. The van der Waals surface area contributed by atoms with E-state index < -0.39 is 5.91 Å². The maximum atomic E-state index is 11.4. The Balaban J connectivity index is 1.90. The lowest BCUT2D eigenvalue weighted by atomic mass is 10.2. The van der Waals surface area contributed by atoms with E-state index in [1.807, 2.05) is 36.3 Å². The third-order valence-corrected chi connectivity index (χ3v) is 3.03. The van der Waals surface area contributed by atoms with Gasteiger partial charge in [0.1, 0.15) is 24.0 Å². The van der Waals surface area contributed by atoms with E-state index in [1.165, 1.54) is 6.33 Å². The summed E-state index contributed by atoms with van der Waals surface area (Å²) in [5.74, 6) is 1.83. The normalized spacial score (nSPS) is 10.1. The average molecular weight is 292 g/mol. The highest BCUT2D eigenvalue weighted by atomic mass is 16.5. The minimum atomic E-state index is -0.543. The van der Waals surface area contributed by atoms with Crippen LogP contribution in [0.1, 0.15) is 5.56 Å². The molecular formula is C16H12N4O2. The Labute approximate surface area is 126 Å². The Bertz CT molecular complexity index is 849. The number of carbonyl (C=O) groups excluding carboxylic acids is 1. The molecule has 0 unspecified atom stereocenters. The molecule has 1 amide bonds. The smallest absolute Gasteiger partial charge is 0.300 e. The van der Waals surface area contributed by atoms with Crippen molar-refractivity contribution in [3.63, 3.8) is 0 Å². The van der Waals surface area contributed by atoms with Crippen molar-refractivity contribution in [2.24, 2.45) is 0 Å². The molecule has 6 heteroatoms. The van der Waals surface area contributed by atoms with E-state index in [1.54, 1.807) is 6.20 Å². The van der Waals surface area contributed by atoms with Crippen molar-refractivity contribution in [3.05, 3.63) is 48.4 Å². The van der Waals surface area contributed by atoms with Gasteiger partial charge in [0.05, 0.1) is 5.69 Å². The number of rotatable bonds is 4. The summed E-state index contributed by atoms with van der Waals surface area (Å²) in [6.07, 6.45) is 8.07. The van der Waals surface area contributed by atoms with E-state index in [-0.39, 0.29) is 0 Å². The second-order valence-corrected chi connectivity index (χ2v) is 4.48. The Morgan fingerprint density at radius 1 is 1.32 bits per heavy atom. The number of aromatic amines is 1. The number of carbonyl (C=O) groups is 1. The van der Waals surface area contributed by atoms with Crippen LogP contribution in [0.15, 0.2) is 42.9 Å². The third kappa shape index (κ3) is 2.74. The van der Waals surface area contributed by atoms with Crippen molar-refractivity contribution in [2.75, 3.05) is 5.32 Å². The van der Waals surface area contributed by atoms with Crippen molar-refractivity contribution < 1.29 is 9.53 Å². The first-order chi connectivity index (χ1) is 10.8. The monoisotopic (exact) mass is 292 g/mol. The van der Waals surface area contributed by atoms with Gasteiger partial charge in [-0.2, -0.15) is 0 Å². The number of terminal acetylenes is 1. The van der Waals surface area contributed by atoms with Crippen LogP contribution in [-0.2, 0) is 11.4 Å². The van der Waals surface area contributed by atoms with Crippen molar-refractivity contribution in [3.8, 4) is 18.2 Å². The van der Waals surface area contributed by atoms with Crippen molar-refractivity contribution in [2.45, 2.75) is 6.61 Å². The van der Waals surface area contributed by atoms with Crippen LogP contribution >= 0.6 is 0 Å². The lowest BCUT2D eigenvalue weighted by Gasteiger charge is -2.07. The molecule has 0 bridgehead atoms. The van der Waals surface area contributed by atoms with E-state index in [0.29, 0.717) is 29.2 Å². The number of nitrogens with one attached hydrogen (secondary N) is 2. The molecule has 108 valence electrons. The summed E-state index contributed by atoms with van der Waals surface area (Å²) in [6, 6.07) is 9.71. The van der Waals surface area contributed by atoms with Crippen molar-refractivity contribution in [1.82, 2.24) is 15.0 Å². The number of aromatic nitrogens is 3. The Morgan fingerprint density at radius 2 is 2.14 bits per heavy atom. The topological polar surface area (TPSA) is 79.9 Å². The second-order valence-electron chi connectivity index (χ2n) is 4.48. The summed E-state index contributed by atoms with van der Waals surface area (Å²) in [5.41, 5.74) is 2.06. The minimum Gasteiger partial charge on any atom is -0.472 e. The first kappa shape index (κ1) is 13.6. The Hall–Kier alpha value is -3.33. The van der Waals surface area contributed by atoms with Gasteiger partial charge in [-0.25, -0.2) is 9.97 Å². The van der Waals surface area contributed by atoms with Gasteiger partial charge < -0.3 is 15.0 Å². The fourth-order valence-electron chi connectivity index (χ4n) is 2.03. The zero-order valence-electron chi connectivity index (χ0n) is 11.5. The van der Waals surface area contributed by atoms with Crippen LogP contribution in [-0.4, -0.2) is 20.9 Å². The first-order valence-corrected chi connectivity index (χ1v) is 6.54. The summed E-state index contributed by atoms with van der Waals surface area (Å²) in [6.45, 7) is 0.362. The Kier molecular flexibility index (Phi) is 3.70. The maximum Gasteiger partial charge on any atom is 0.300 e. The van der Waals surface area contributed by atoms with Gasteiger partial charge in [0, 0.05) is 6.20 Å². The van der Waals surface area contributed by atoms with Crippen LogP contribution in [0.25, 0.3) is 11.0 Å². The number of amides is 1. The average Bonchev–Trinajstić information content (AvgIpc) is 2.97. The molecule has 0 aliphatic rings. The largest absolute Gasteiger partial charge is 0.472 e. The fraction of sp³-hybridized carbons (Fsp3) is 0.0625. The molecule has 0 spiro atoms. The number of H-pyrrole nitrogens is 1. The molecule has 0 aliphatic carbocycles. The molecule has 22 heavy (non-hydrogen) atoms. The molecule has 1 aromatic carbocycles. The number of ether oxygens (including phenoxy) is 1. The van der Waals surface area contributed by atoms with E-state index in [2.05, 4.69) is 20.3 Å². The van der Waals surface area contributed by atoms with Gasteiger partial charge in [-0.15, -0.1) is 6.42 Å². The van der Waals surface area contributed by atoms with Crippen LogP contribution in [0.2, 0.25) is 0 Å². The number of benzene rings is 1. The van der Waals surface area contributed by atoms with E-state index in [9.17, 15) is 4.79 Å². The molecule has 3 rings (SSSR count). The molecule has 2 N–H and O–H groups in total. The van der Waals surface area contributed by atoms with E-state index >= 15 is 0 Å². The van der Waals surface area contributed by atoms with Gasteiger partial charge in [-0.3, -0.25) is 4.79 Å². The molecule has 6 nitrogen and oxygen atoms in total. The van der Waals surface area contributed by atoms with Gasteiger partial charge in [0.2, 0.25) is 5.88 Å². The SMILES string of the molecule is C#CC(=O)Nc1c[nH]c2ncnc(OCc3ccccc3)c12. The summed E-state index contributed by atoms with van der Waals surface area (Å²) < 4.78 is 5.75. The summed E-state index contributed by atoms with van der Waals surface area (Å²) in [4.78, 5) is 22.5. The number of hydrogen-bond donors (Lipinski definition) is 2. The predicted octanol–water partition coefficient (Wildman–Crippen LogP) is 2.11.